The standard InChI is InChI=1S/C14H21NOS/c1-4-10(3)14(16)15-8-6-13-11(7-9-17-13)12(15)5-2/h7,9-10,12H,4-6,8H2,1-3H3/t10-,12+/m1/s1. The van der Waals surface area contributed by atoms with Crippen LogP contribution < -0.4 is 0 Å². The van der Waals surface area contributed by atoms with Crippen molar-refractivity contribution in [1.29, 1.82) is 0 Å². The molecule has 0 saturated carbocycles. The van der Waals surface area contributed by atoms with Crippen molar-refractivity contribution in [3.8, 4) is 0 Å². The number of hydrogen-bond donors (Lipinski definition) is 0. The van der Waals surface area contributed by atoms with Crippen LogP contribution in [0.25, 0.3) is 0 Å². The Morgan fingerprint density at radius 3 is 3.00 bits per heavy atom. The van der Waals surface area contributed by atoms with Gasteiger partial charge in [0.25, 0.3) is 0 Å². The smallest absolute Gasteiger partial charge is 0.225 e. The van der Waals surface area contributed by atoms with Gasteiger partial charge >= 0.3 is 0 Å². The topological polar surface area (TPSA) is 20.3 Å². The molecule has 3 heteroatoms. The van der Waals surface area contributed by atoms with E-state index in [9.17, 15) is 4.79 Å². The summed E-state index contributed by atoms with van der Waals surface area (Å²) >= 11 is 1.83. The maximum Gasteiger partial charge on any atom is 0.225 e. The third-order valence-electron chi connectivity index (χ3n) is 3.80. The lowest BCUT2D eigenvalue weighted by Gasteiger charge is -2.37. The first-order valence-corrected chi connectivity index (χ1v) is 7.43. The van der Waals surface area contributed by atoms with E-state index >= 15 is 0 Å². The summed E-state index contributed by atoms with van der Waals surface area (Å²) in [6, 6.07) is 2.51. The van der Waals surface area contributed by atoms with Crippen LogP contribution in [0, 0.1) is 5.92 Å². The molecule has 1 amide bonds. The summed E-state index contributed by atoms with van der Waals surface area (Å²) in [4.78, 5) is 15.9. The molecule has 0 spiro atoms. The van der Waals surface area contributed by atoms with Crippen molar-refractivity contribution in [1.82, 2.24) is 4.90 Å². The highest BCUT2D eigenvalue weighted by Crippen LogP contribution is 2.36. The van der Waals surface area contributed by atoms with Gasteiger partial charge < -0.3 is 4.90 Å². The minimum atomic E-state index is 0.157. The minimum Gasteiger partial charge on any atom is -0.335 e. The van der Waals surface area contributed by atoms with Gasteiger partial charge in [-0.3, -0.25) is 4.79 Å². The van der Waals surface area contributed by atoms with E-state index in [-0.39, 0.29) is 5.92 Å². The zero-order valence-corrected chi connectivity index (χ0v) is 11.7. The highest BCUT2D eigenvalue weighted by molar-refractivity contribution is 7.10. The Labute approximate surface area is 108 Å². The summed E-state index contributed by atoms with van der Waals surface area (Å²) in [5.74, 6) is 0.487. The summed E-state index contributed by atoms with van der Waals surface area (Å²) in [6.45, 7) is 7.20. The molecule has 94 valence electrons. The van der Waals surface area contributed by atoms with E-state index in [4.69, 9.17) is 0 Å². The van der Waals surface area contributed by atoms with Crippen molar-refractivity contribution in [3.63, 3.8) is 0 Å². The highest BCUT2D eigenvalue weighted by Gasteiger charge is 2.31. The van der Waals surface area contributed by atoms with Crippen molar-refractivity contribution in [2.75, 3.05) is 6.54 Å². The van der Waals surface area contributed by atoms with Gasteiger partial charge in [-0.2, -0.15) is 0 Å². The summed E-state index contributed by atoms with van der Waals surface area (Å²) in [5, 5.41) is 2.16. The first kappa shape index (κ1) is 12.6. The van der Waals surface area contributed by atoms with Gasteiger partial charge in [0.15, 0.2) is 0 Å². The predicted molar refractivity (Wildman–Crippen MR) is 72.2 cm³/mol. The number of hydrogen-bond acceptors (Lipinski definition) is 2. The Morgan fingerprint density at radius 1 is 1.59 bits per heavy atom. The van der Waals surface area contributed by atoms with Crippen LogP contribution in [0.2, 0.25) is 0 Å². The Hall–Kier alpha value is -0.830. The fraction of sp³-hybridized carbons (Fsp3) is 0.643. The third kappa shape index (κ3) is 2.25. The lowest BCUT2D eigenvalue weighted by Crippen LogP contribution is -2.41. The first-order valence-electron chi connectivity index (χ1n) is 6.55. The van der Waals surface area contributed by atoms with E-state index in [0.29, 0.717) is 11.9 Å². The fourth-order valence-electron chi connectivity index (χ4n) is 2.56. The summed E-state index contributed by atoms with van der Waals surface area (Å²) < 4.78 is 0. The SMILES string of the molecule is CC[C@@H](C)C(=O)N1CCc2sccc2[C@@H]1CC. The third-order valence-corrected chi connectivity index (χ3v) is 4.80. The monoisotopic (exact) mass is 251 g/mol. The molecule has 0 unspecified atom stereocenters. The summed E-state index contributed by atoms with van der Waals surface area (Å²) in [7, 11) is 0. The molecule has 0 saturated heterocycles. The average Bonchev–Trinajstić information content (AvgIpc) is 2.83. The van der Waals surface area contributed by atoms with Crippen LogP contribution in [0.1, 0.15) is 50.1 Å². The van der Waals surface area contributed by atoms with Crippen molar-refractivity contribution < 1.29 is 4.79 Å². The van der Waals surface area contributed by atoms with Crippen LogP contribution in [0.5, 0.6) is 0 Å². The molecule has 0 radical (unpaired) electrons. The molecule has 0 fully saturated rings. The lowest BCUT2D eigenvalue weighted by atomic mass is 9.95. The van der Waals surface area contributed by atoms with Gasteiger partial charge in [0.1, 0.15) is 0 Å². The molecule has 2 atom stereocenters. The molecule has 0 N–H and O–H groups in total. The largest absolute Gasteiger partial charge is 0.335 e. The van der Waals surface area contributed by atoms with Crippen molar-refractivity contribution in [3.05, 3.63) is 21.9 Å². The molecular weight excluding hydrogens is 230 g/mol. The lowest BCUT2D eigenvalue weighted by molar-refractivity contribution is -0.138. The van der Waals surface area contributed by atoms with Crippen LogP contribution in [0.15, 0.2) is 11.4 Å². The van der Waals surface area contributed by atoms with Gasteiger partial charge in [-0.05, 0) is 36.3 Å². The van der Waals surface area contributed by atoms with Crippen LogP contribution in [-0.2, 0) is 11.2 Å². The van der Waals surface area contributed by atoms with E-state index in [1.165, 1.54) is 10.4 Å². The number of thiophene rings is 1. The van der Waals surface area contributed by atoms with Crippen LogP contribution in [-0.4, -0.2) is 17.4 Å². The van der Waals surface area contributed by atoms with E-state index in [1.807, 2.05) is 18.3 Å². The molecule has 1 aromatic heterocycles. The molecular formula is C14H21NOS. The van der Waals surface area contributed by atoms with Gasteiger partial charge in [0.2, 0.25) is 5.91 Å². The quantitative estimate of drug-likeness (QED) is 0.803. The molecule has 17 heavy (non-hydrogen) atoms. The molecule has 0 bridgehead atoms. The zero-order chi connectivity index (χ0) is 12.4. The van der Waals surface area contributed by atoms with Crippen LogP contribution in [0.4, 0.5) is 0 Å². The van der Waals surface area contributed by atoms with Crippen LogP contribution >= 0.6 is 11.3 Å². The Bertz CT molecular complexity index is 399. The second-order valence-electron chi connectivity index (χ2n) is 4.81. The molecule has 2 nitrogen and oxygen atoms in total. The minimum absolute atomic E-state index is 0.157. The van der Waals surface area contributed by atoms with Gasteiger partial charge in [0, 0.05) is 17.3 Å². The molecule has 0 aromatic carbocycles. The molecule has 2 rings (SSSR count). The van der Waals surface area contributed by atoms with Crippen molar-refractivity contribution in [2.45, 2.75) is 46.1 Å². The number of fused-ring (bicyclic) bond motifs is 1. The number of nitrogens with zero attached hydrogens (tertiary/aromatic N) is 1. The van der Waals surface area contributed by atoms with Gasteiger partial charge in [-0.25, -0.2) is 0 Å². The number of rotatable bonds is 3. The van der Waals surface area contributed by atoms with Gasteiger partial charge in [0.05, 0.1) is 6.04 Å². The summed E-state index contributed by atoms with van der Waals surface area (Å²) in [6.07, 6.45) is 2.99. The summed E-state index contributed by atoms with van der Waals surface area (Å²) in [5.41, 5.74) is 1.39. The Morgan fingerprint density at radius 2 is 2.35 bits per heavy atom. The predicted octanol–water partition coefficient (Wildman–Crippen LogP) is 3.63. The van der Waals surface area contributed by atoms with Gasteiger partial charge in [-0.15, -0.1) is 11.3 Å². The Balaban J connectivity index is 2.23. The average molecular weight is 251 g/mol. The number of carbonyl (C=O) groups excluding carboxylic acids is 1. The molecule has 2 heterocycles. The maximum atomic E-state index is 12.4. The fourth-order valence-corrected chi connectivity index (χ4v) is 3.49. The highest BCUT2D eigenvalue weighted by atomic mass is 32.1. The van der Waals surface area contributed by atoms with Crippen molar-refractivity contribution in [2.24, 2.45) is 5.92 Å². The van der Waals surface area contributed by atoms with E-state index in [0.717, 1.165) is 25.8 Å². The molecule has 1 aromatic rings. The molecule has 1 aliphatic rings. The van der Waals surface area contributed by atoms with Crippen molar-refractivity contribution >= 4 is 17.2 Å². The first-order chi connectivity index (χ1) is 8.19. The Kier molecular flexibility index (Phi) is 3.87. The van der Waals surface area contributed by atoms with Gasteiger partial charge in [-0.1, -0.05) is 20.8 Å². The maximum absolute atomic E-state index is 12.4. The normalized spacial score (nSPS) is 21.1. The zero-order valence-electron chi connectivity index (χ0n) is 10.9. The number of carbonyl (C=O) groups is 1. The molecule has 0 aliphatic carbocycles. The van der Waals surface area contributed by atoms with E-state index < -0.39 is 0 Å². The number of amides is 1. The second kappa shape index (κ2) is 5.21. The van der Waals surface area contributed by atoms with E-state index in [2.05, 4.69) is 30.2 Å². The van der Waals surface area contributed by atoms with E-state index in [1.54, 1.807) is 0 Å². The van der Waals surface area contributed by atoms with Crippen LogP contribution in [0.3, 0.4) is 0 Å². The second-order valence-corrected chi connectivity index (χ2v) is 5.81. The molecule has 1 aliphatic heterocycles.